The van der Waals surface area contributed by atoms with Crippen LogP contribution >= 0.6 is 0 Å². The molecule has 0 radical (unpaired) electrons. The van der Waals surface area contributed by atoms with Crippen molar-refractivity contribution in [3.63, 3.8) is 0 Å². The predicted molar refractivity (Wildman–Crippen MR) is 43.4 cm³/mol. The lowest BCUT2D eigenvalue weighted by Gasteiger charge is -2.06. The third-order valence-corrected chi connectivity index (χ3v) is 1.39. The molecule has 0 aliphatic carbocycles. The molecule has 0 amide bonds. The van der Waals surface area contributed by atoms with Gasteiger partial charge in [0.1, 0.15) is 6.04 Å². The first-order valence-corrected chi connectivity index (χ1v) is 3.87. The van der Waals surface area contributed by atoms with E-state index in [1.807, 2.05) is 0 Å². The SMILES string of the molecule is CCCCNCC(N)C(=O)O. The van der Waals surface area contributed by atoms with E-state index in [-0.39, 0.29) is 0 Å². The van der Waals surface area contributed by atoms with Gasteiger partial charge in [-0.3, -0.25) is 4.79 Å². The van der Waals surface area contributed by atoms with Crippen LogP contribution in [-0.4, -0.2) is 30.2 Å². The van der Waals surface area contributed by atoms with Crippen molar-refractivity contribution in [2.24, 2.45) is 5.73 Å². The lowest BCUT2D eigenvalue weighted by molar-refractivity contribution is -0.138. The maximum atomic E-state index is 10.2. The minimum Gasteiger partial charge on any atom is -0.480 e. The van der Waals surface area contributed by atoms with Crippen LogP contribution in [0, 0.1) is 0 Å². The Balaban J connectivity index is 3.17. The highest BCUT2D eigenvalue weighted by atomic mass is 16.4. The van der Waals surface area contributed by atoms with Crippen molar-refractivity contribution in [3.05, 3.63) is 0 Å². The van der Waals surface area contributed by atoms with E-state index in [9.17, 15) is 4.79 Å². The maximum absolute atomic E-state index is 10.2. The molecule has 0 fully saturated rings. The van der Waals surface area contributed by atoms with Gasteiger partial charge in [0.05, 0.1) is 0 Å². The van der Waals surface area contributed by atoms with Gasteiger partial charge in [0.2, 0.25) is 0 Å². The van der Waals surface area contributed by atoms with Crippen LogP contribution in [0.4, 0.5) is 0 Å². The highest BCUT2D eigenvalue weighted by Gasteiger charge is 2.08. The Labute approximate surface area is 66.8 Å². The third kappa shape index (κ3) is 5.82. The monoisotopic (exact) mass is 160 g/mol. The van der Waals surface area contributed by atoms with Gasteiger partial charge in [-0.05, 0) is 13.0 Å². The molecule has 0 rings (SSSR count). The minimum atomic E-state index is -0.950. The molecule has 0 saturated heterocycles. The lowest BCUT2D eigenvalue weighted by atomic mass is 10.3. The van der Waals surface area contributed by atoms with Crippen LogP contribution < -0.4 is 11.1 Å². The van der Waals surface area contributed by atoms with Crippen molar-refractivity contribution >= 4 is 5.97 Å². The Kier molecular flexibility index (Phi) is 5.78. The predicted octanol–water partition coefficient (Wildman–Crippen LogP) is -0.212. The second-order valence-electron chi connectivity index (χ2n) is 2.50. The van der Waals surface area contributed by atoms with Gasteiger partial charge in [-0.1, -0.05) is 13.3 Å². The van der Waals surface area contributed by atoms with Gasteiger partial charge in [-0.25, -0.2) is 0 Å². The van der Waals surface area contributed by atoms with Crippen molar-refractivity contribution in [1.82, 2.24) is 5.32 Å². The number of hydrogen-bond donors (Lipinski definition) is 3. The van der Waals surface area contributed by atoms with Gasteiger partial charge in [-0.2, -0.15) is 0 Å². The molecular formula is C7H16N2O2. The Bertz CT molecular complexity index is 117. The lowest BCUT2D eigenvalue weighted by Crippen LogP contribution is -2.40. The summed E-state index contributed by atoms with van der Waals surface area (Å²) in [6.45, 7) is 3.28. The summed E-state index contributed by atoms with van der Waals surface area (Å²) < 4.78 is 0. The molecule has 66 valence electrons. The Hall–Kier alpha value is -0.610. The maximum Gasteiger partial charge on any atom is 0.321 e. The molecule has 0 bridgehead atoms. The molecule has 0 aromatic carbocycles. The summed E-state index contributed by atoms with van der Waals surface area (Å²) in [6, 6.07) is -0.771. The van der Waals surface area contributed by atoms with Crippen molar-refractivity contribution in [2.75, 3.05) is 13.1 Å². The van der Waals surface area contributed by atoms with Crippen LogP contribution in [0.2, 0.25) is 0 Å². The normalized spacial score (nSPS) is 12.9. The van der Waals surface area contributed by atoms with Gasteiger partial charge in [0.15, 0.2) is 0 Å². The smallest absolute Gasteiger partial charge is 0.321 e. The molecule has 1 unspecified atom stereocenters. The first-order chi connectivity index (χ1) is 5.18. The van der Waals surface area contributed by atoms with Crippen LogP contribution in [0.3, 0.4) is 0 Å². The number of nitrogens with two attached hydrogens (primary N) is 1. The zero-order valence-electron chi connectivity index (χ0n) is 6.84. The van der Waals surface area contributed by atoms with E-state index in [1.165, 1.54) is 0 Å². The number of rotatable bonds is 6. The quantitative estimate of drug-likeness (QED) is 0.470. The average molecular weight is 160 g/mol. The van der Waals surface area contributed by atoms with E-state index in [2.05, 4.69) is 12.2 Å². The summed E-state index contributed by atoms with van der Waals surface area (Å²) in [5.41, 5.74) is 5.24. The minimum absolute atomic E-state index is 0.356. The zero-order chi connectivity index (χ0) is 8.69. The van der Waals surface area contributed by atoms with Gasteiger partial charge in [0.25, 0.3) is 0 Å². The fraction of sp³-hybridized carbons (Fsp3) is 0.857. The molecule has 0 saturated carbocycles. The van der Waals surface area contributed by atoms with E-state index >= 15 is 0 Å². The molecular weight excluding hydrogens is 144 g/mol. The van der Waals surface area contributed by atoms with E-state index < -0.39 is 12.0 Å². The highest BCUT2D eigenvalue weighted by molar-refractivity contribution is 5.73. The summed E-state index contributed by atoms with van der Waals surface area (Å²) in [4.78, 5) is 10.2. The van der Waals surface area contributed by atoms with E-state index in [0.29, 0.717) is 6.54 Å². The van der Waals surface area contributed by atoms with Crippen molar-refractivity contribution in [1.29, 1.82) is 0 Å². The molecule has 0 aromatic heterocycles. The van der Waals surface area contributed by atoms with Crippen LogP contribution in [-0.2, 0) is 4.79 Å². The first kappa shape index (κ1) is 10.4. The summed E-state index contributed by atoms with van der Waals surface area (Å²) in [5.74, 6) is -0.950. The standard InChI is InChI=1S/C7H16N2O2/c1-2-3-4-9-5-6(8)7(10)11/h6,9H,2-5,8H2,1H3,(H,10,11). The number of aliphatic carboxylic acids is 1. The van der Waals surface area contributed by atoms with Crippen LogP contribution in [0.25, 0.3) is 0 Å². The van der Waals surface area contributed by atoms with Gasteiger partial charge < -0.3 is 16.2 Å². The molecule has 11 heavy (non-hydrogen) atoms. The largest absolute Gasteiger partial charge is 0.480 e. The second kappa shape index (κ2) is 6.12. The summed E-state index contributed by atoms with van der Waals surface area (Å²) in [6.07, 6.45) is 2.17. The Morgan fingerprint density at radius 3 is 2.82 bits per heavy atom. The number of hydrogen-bond acceptors (Lipinski definition) is 3. The number of carboxylic acid groups (broad SMARTS) is 1. The van der Waals surface area contributed by atoms with Crippen LogP contribution in [0.1, 0.15) is 19.8 Å². The summed E-state index contributed by atoms with van der Waals surface area (Å²) >= 11 is 0. The second-order valence-corrected chi connectivity index (χ2v) is 2.50. The molecule has 4 heteroatoms. The Morgan fingerprint density at radius 2 is 2.36 bits per heavy atom. The third-order valence-electron chi connectivity index (χ3n) is 1.39. The first-order valence-electron chi connectivity index (χ1n) is 3.87. The highest BCUT2D eigenvalue weighted by Crippen LogP contribution is 1.82. The molecule has 0 aliphatic heterocycles. The van der Waals surface area contributed by atoms with E-state index in [0.717, 1.165) is 19.4 Å². The molecule has 4 N–H and O–H groups in total. The molecule has 1 atom stereocenters. The van der Waals surface area contributed by atoms with Crippen LogP contribution in [0.15, 0.2) is 0 Å². The molecule has 4 nitrogen and oxygen atoms in total. The summed E-state index contributed by atoms with van der Waals surface area (Å²) in [5, 5.41) is 11.3. The fourth-order valence-corrected chi connectivity index (χ4v) is 0.647. The topological polar surface area (TPSA) is 75.3 Å². The van der Waals surface area contributed by atoms with Gasteiger partial charge >= 0.3 is 5.97 Å². The van der Waals surface area contributed by atoms with Gasteiger partial charge in [-0.15, -0.1) is 0 Å². The fourth-order valence-electron chi connectivity index (χ4n) is 0.647. The average Bonchev–Trinajstić information content (AvgIpc) is 1.97. The van der Waals surface area contributed by atoms with Crippen molar-refractivity contribution in [3.8, 4) is 0 Å². The number of nitrogens with one attached hydrogen (secondary N) is 1. The van der Waals surface area contributed by atoms with Crippen molar-refractivity contribution in [2.45, 2.75) is 25.8 Å². The summed E-state index contributed by atoms with van der Waals surface area (Å²) in [7, 11) is 0. The van der Waals surface area contributed by atoms with Crippen LogP contribution in [0.5, 0.6) is 0 Å². The van der Waals surface area contributed by atoms with Gasteiger partial charge in [0, 0.05) is 6.54 Å². The molecule has 0 aliphatic rings. The molecule has 0 aromatic rings. The number of carboxylic acids is 1. The van der Waals surface area contributed by atoms with E-state index in [1.54, 1.807) is 0 Å². The molecule has 0 heterocycles. The number of unbranched alkanes of at least 4 members (excludes halogenated alkanes) is 1. The Morgan fingerprint density at radius 1 is 1.73 bits per heavy atom. The van der Waals surface area contributed by atoms with Crippen molar-refractivity contribution < 1.29 is 9.90 Å². The number of carbonyl (C=O) groups is 1. The zero-order valence-corrected chi connectivity index (χ0v) is 6.84. The molecule has 0 spiro atoms. The van der Waals surface area contributed by atoms with E-state index in [4.69, 9.17) is 10.8 Å².